The van der Waals surface area contributed by atoms with Crippen molar-refractivity contribution in [1.29, 1.82) is 0 Å². The first-order valence-electron chi connectivity index (χ1n) is 7.78. The summed E-state index contributed by atoms with van der Waals surface area (Å²) >= 11 is 2.14. The van der Waals surface area contributed by atoms with E-state index in [9.17, 15) is 4.79 Å². The van der Waals surface area contributed by atoms with Crippen LogP contribution < -0.4 is 4.74 Å². The number of unbranched alkanes of at least 4 members (excludes halogenated alkanes) is 2. The third-order valence-corrected chi connectivity index (χ3v) is 4.35. The standard InChI is InChI=1S/C19H21IO3/c1-2-19(21)23-18(20)10-4-3-7-13-22-17-12-11-15-8-5-6-9-16(15)14-17/h2,5-6,8-9,11-12,14,18H,1,3-4,7,10,13H2. The topological polar surface area (TPSA) is 35.5 Å². The van der Waals surface area contributed by atoms with Gasteiger partial charge < -0.3 is 9.47 Å². The zero-order valence-electron chi connectivity index (χ0n) is 13.0. The van der Waals surface area contributed by atoms with Crippen LogP contribution in [0.3, 0.4) is 0 Å². The van der Waals surface area contributed by atoms with Crippen molar-refractivity contribution < 1.29 is 14.3 Å². The first-order chi connectivity index (χ1) is 11.2. The number of alkyl halides is 1. The summed E-state index contributed by atoms with van der Waals surface area (Å²) in [6.45, 7) is 4.09. The lowest BCUT2D eigenvalue weighted by molar-refractivity contribution is -0.138. The number of halogens is 1. The molecular weight excluding hydrogens is 403 g/mol. The summed E-state index contributed by atoms with van der Waals surface area (Å²) in [5.74, 6) is 0.555. The summed E-state index contributed by atoms with van der Waals surface area (Å²) in [5, 5.41) is 2.42. The van der Waals surface area contributed by atoms with E-state index in [1.165, 1.54) is 16.8 Å². The van der Waals surface area contributed by atoms with Crippen LogP contribution >= 0.6 is 22.6 Å². The minimum Gasteiger partial charge on any atom is -0.494 e. The van der Waals surface area contributed by atoms with Crippen LogP contribution in [-0.2, 0) is 9.53 Å². The fourth-order valence-corrected chi connectivity index (χ4v) is 2.95. The Morgan fingerprint density at radius 1 is 1.13 bits per heavy atom. The number of carbonyl (C=O) groups excluding carboxylic acids is 1. The van der Waals surface area contributed by atoms with Crippen molar-refractivity contribution in [3.05, 3.63) is 55.1 Å². The molecule has 0 saturated carbocycles. The van der Waals surface area contributed by atoms with Gasteiger partial charge in [-0.05, 0) is 71.2 Å². The van der Waals surface area contributed by atoms with E-state index in [2.05, 4.69) is 53.4 Å². The SMILES string of the molecule is C=CC(=O)OC(I)CCCCCOc1ccc2ccccc2c1. The molecule has 2 rings (SSSR count). The van der Waals surface area contributed by atoms with Crippen LogP contribution in [0.4, 0.5) is 0 Å². The van der Waals surface area contributed by atoms with Gasteiger partial charge in [-0.15, -0.1) is 0 Å². The van der Waals surface area contributed by atoms with Gasteiger partial charge in [-0.25, -0.2) is 4.79 Å². The number of esters is 1. The predicted octanol–water partition coefficient (Wildman–Crippen LogP) is 5.27. The summed E-state index contributed by atoms with van der Waals surface area (Å²) in [6, 6.07) is 14.4. The third kappa shape index (κ3) is 6.22. The molecule has 0 amide bonds. The second-order valence-electron chi connectivity index (χ2n) is 5.26. The molecule has 0 radical (unpaired) electrons. The van der Waals surface area contributed by atoms with Crippen molar-refractivity contribution in [2.75, 3.05) is 6.61 Å². The van der Waals surface area contributed by atoms with E-state index >= 15 is 0 Å². The number of rotatable bonds is 9. The second kappa shape index (κ2) is 9.55. The van der Waals surface area contributed by atoms with E-state index < -0.39 is 0 Å². The maximum atomic E-state index is 11.0. The van der Waals surface area contributed by atoms with Crippen LogP contribution in [0.15, 0.2) is 55.1 Å². The number of fused-ring (bicyclic) bond motifs is 1. The van der Waals surface area contributed by atoms with Crippen LogP contribution in [-0.4, -0.2) is 16.7 Å². The number of hydrogen-bond acceptors (Lipinski definition) is 3. The van der Waals surface area contributed by atoms with Crippen molar-refractivity contribution in [1.82, 2.24) is 0 Å². The molecule has 1 atom stereocenters. The van der Waals surface area contributed by atoms with E-state index in [0.29, 0.717) is 6.61 Å². The van der Waals surface area contributed by atoms with Crippen molar-refractivity contribution in [3.63, 3.8) is 0 Å². The second-order valence-corrected chi connectivity index (χ2v) is 6.65. The lowest BCUT2D eigenvalue weighted by Crippen LogP contribution is -2.09. The molecule has 0 spiro atoms. The van der Waals surface area contributed by atoms with Crippen LogP contribution in [0, 0.1) is 0 Å². The number of carbonyl (C=O) groups is 1. The Morgan fingerprint density at radius 2 is 1.91 bits per heavy atom. The molecule has 3 nitrogen and oxygen atoms in total. The Morgan fingerprint density at radius 3 is 2.70 bits per heavy atom. The molecule has 122 valence electrons. The quantitative estimate of drug-likeness (QED) is 0.181. The average molecular weight is 424 g/mol. The molecule has 0 aliphatic heterocycles. The maximum absolute atomic E-state index is 11.0. The summed E-state index contributed by atoms with van der Waals surface area (Å²) < 4.78 is 10.8. The van der Waals surface area contributed by atoms with Crippen LogP contribution in [0.5, 0.6) is 5.75 Å². The number of ether oxygens (including phenoxy) is 2. The van der Waals surface area contributed by atoms with Gasteiger partial charge in [0.05, 0.1) is 6.61 Å². The molecule has 2 aromatic carbocycles. The molecule has 0 heterocycles. The van der Waals surface area contributed by atoms with E-state index in [1.54, 1.807) is 0 Å². The Labute approximate surface area is 150 Å². The summed E-state index contributed by atoms with van der Waals surface area (Å²) in [6.07, 6.45) is 5.11. The lowest BCUT2D eigenvalue weighted by atomic mass is 10.1. The maximum Gasteiger partial charge on any atom is 0.331 e. The molecular formula is C19H21IO3. The zero-order valence-corrected chi connectivity index (χ0v) is 15.2. The predicted molar refractivity (Wildman–Crippen MR) is 102 cm³/mol. The number of hydrogen-bond donors (Lipinski definition) is 0. The Kier molecular flexibility index (Phi) is 7.39. The Balaban J connectivity index is 1.63. The van der Waals surface area contributed by atoms with Gasteiger partial charge in [-0.1, -0.05) is 36.9 Å². The van der Waals surface area contributed by atoms with Gasteiger partial charge in [0, 0.05) is 6.08 Å². The van der Waals surface area contributed by atoms with Gasteiger partial charge in [0.2, 0.25) is 0 Å². The highest BCUT2D eigenvalue weighted by atomic mass is 127. The molecule has 0 aromatic heterocycles. The molecule has 0 aliphatic rings. The lowest BCUT2D eigenvalue weighted by Gasteiger charge is -2.10. The van der Waals surface area contributed by atoms with Gasteiger partial charge in [0.25, 0.3) is 0 Å². The van der Waals surface area contributed by atoms with Gasteiger partial charge in [0.15, 0.2) is 4.11 Å². The van der Waals surface area contributed by atoms with Crippen molar-refractivity contribution in [2.45, 2.75) is 29.8 Å². The minimum absolute atomic E-state index is 0.0838. The monoisotopic (exact) mass is 424 g/mol. The summed E-state index contributed by atoms with van der Waals surface area (Å²) in [5.41, 5.74) is 0. The van der Waals surface area contributed by atoms with Crippen molar-refractivity contribution in [3.8, 4) is 5.75 Å². The minimum atomic E-state index is -0.357. The largest absolute Gasteiger partial charge is 0.494 e. The highest BCUT2D eigenvalue weighted by Gasteiger charge is 2.07. The zero-order chi connectivity index (χ0) is 16.5. The number of benzene rings is 2. The fourth-order valence-electron chi connectivity index (χ4n) is 2.26. The van der Waals surface area contributed by atoms with Gasteiger partial charge >= 0.3 is 5.97 Å². The summed E-state index contributed by atoms with van der Waals surface area (Å²) in [7, 11) is 0. The molecule has 4 heteroatoms. The fraction of sp³-hybridized carbons (Fsp3) is 0.316. The van der Waals surface area contributed by atoms with Gasteiger partial charge in [0.1, 0.15) is 5.75 Å². The molecule has 0 bridgehead atoms. The van der Waals surface area contributed by atoms with E-state index in [4.69, 9.17) is 9.47 Å². The molecule has 0 fully saturated rings. The van der Waals surface area contributed by atoms with Crippen molar-refractivity contribution >= 4 is 39.3 Å². The first kappa shape index (κ1) is 17.8. The molecule has 2 aromatic rings. The molecule has 0 N–H and O–H groups in total. The van der Waals surface area contributed by atoms with Gasteiger partial charge in [-0.3, -0.25) is 0 Å². The van der Waals surface area contributed by atoms with E-state index in [1.807, 2.05) is 18.2 Å². The molecule has 0 saturated heterocycles. The van der Waals surface area contributed by atoms with Crippen LogP contribution in [0.2, 0.25) is 0 Å². The smallest absolute Gasteiger partial charge is 0.331 e. The van der Waals surface area contributed by atoms with E-state index in [0.717, 1.165) is 31.4 Å². The highest BCUT2D eigenvalue weighted by Crippen LogP contribution is 2.21. The van der Waals surface area contributed by atoms with E-state index in [-0.39, 0.29) is 10.1 Å². The Hall–Kier alpha value is -1.56. The van der Waals surface area contributed by atoms with Gasteiger partial charge in [-0.2, -0.15) is 0 Å². The van der Waals surface area contributed by atoms with Crippen LogP contribution in [0.25, 0.3) is 10.8 Å². The summed E-state index contributed by atoms with van der Waals surface area (Å²) in [4.78, 5) is 11.0. The normalized spacial score (nSPS) is 11.9. The first-order valence-corrected chi connectivity index (χ1v) is 9.02. The molecule has 23 heavy (non-hydrogen) atoms. The average Bonchev–Trinajstić information content (AvgIpc) is 2.57. The molecule has 1 unspecified atom stereocenters. The van der Waals surface area contributed by atoms with Crippen LogP contribution in [0.1, 0.15) is 25.7 Å². The molecule has 0 aliphatic carbocycles. The van der Waals surface area contributed by atoms with Crippen molar-refractivity contribution in [2.24, 2.45) is 0 Å². The third-order valence-electron chi connectivity index (χ3n) is 3.48. The highest BCUT2D eigenvalue weighted by molar-refractivity contribution is 14.1. The Bertz CT molecular complexity index is 654.